The molecule has 1 saturated heterocycles. The van der Waals surface area contributed by atoms with Crippen LogP contribution in [-0.2, 0) is 6.54 Å². The molecule has 2 aromatic rings. The van der Waals surface area contributed by atoms with E-state index < -0.39 is 0 Å². The lowest BCUT2D eigenvalue weighted by atomic mass is 9.85. The molecule has 1 amide bonds. The second-order valence-electron chi connectivity index (χ2n) is 7.65. The Hall–Kier alpha value is -2.44. The minimum absolute atomic E-state index is 0.0137. The maximum absolute atomic E-state index is 12.9. The Morgan fingerprint density at radius 1 is 1.19 bits per heavy atom. The van der Waals surface area contributed by atoms with Crippen LogP contribution in [0.25, 0.3) is 0 Å². The average Bonchev–Trinajstić information content (AvgIpc) is 3.13. The van der Waals surface area contributed by atoms with Gasteiger partial charge in [-0.15, -0.1) is 0 Å². The highest BCUT2D eigenvalue weighted by Crippen LogP contribution is 2.31. The lowest BCUT2D eigenvalue weighted by molar-refractivity contribution is 0.0701. The number of anilines is 1. The molecule has 2 aromatic heterocycles. The van der Waals surface area contributed by atoms with Gasteiger partial charge in [0.05, 0.1) is 5.56 Å². The third kappa shape index (κ3) is 3.96. The van der Waals surface area contributed by atoms with Crippen LogP contribution in [0.5, 0.6) is 0 Å². The van der Waals surface area contributed by atoms with Crippen LogP contribution in [0.1, 0.15) is 61.1 Å². The molecule has 144 valence electrons. The number of carbonyl (C=O) groups excluding carboxylic acids is 1. The van der Waals surface area contributed by atoms with E-state index in [1.807, 2.05) is 18.0 Å². The molecule has 1 saturated carbocycles. The van der Waals surface area contributed by atoms with E-state index in [0.29, 0.717) is 17.4 Å². The Morgan fingerprint density at radius 3 is 2.70 bits per heavy atom. The van der Waals surface area contributed by atoms with Crippen molar-refractivity contribution in [2.24, 2.45) is 5.92 Å². The number of hydrogen-bond acceptors (Lipinski definition) is 5. The second kappa shape index (κ2) is 8.06. The Labute approximate surface area is 160 Å². The molecule has 7 nitrogen and oxygen atoms in total. The van der Waals surface area contributed by atoms with Gasteiger partial charge >= 0.3 is 0 Å². The third-order valence-electron chi connectivity index (χ3n) is 5.73. The van der Waals surface area contributed by atoms with E-state index in [2.05, 4.69) is 31.0 Å². The molecule has 4 rings (SSSR count). The number of amides is 1. The van der Waals surface area contributed by atoms with E-state index in [1.165, 1.54) is 19.3 Å². The monoisotopic (exact) mass is 368 g/mol. The van der Waals surface area contributed by atoms with Gasteiger partial charge in [-0.25, -0.2) is 15.0 Å². The Kier molecular flexibility index (Phi) is 5.36. The molecule has 7 heteroatoms. The summed E-state index contributed by atoms with van der Waals surface area (Å²) in [5, 5.41) is 3.05. The smallest absolute Gasteiger partial charge is 0.257 e. The molecule has 2 fully saturated rings. The van der Waals surface area contributed by atoms with Crippen LogP contribution in [0.2, 0.25) is 0 Å². The summed E-state index contributed by atoms with van der Waals surface area (Å²) in [6.45, 7) is 5.32. The molecule has 3 heterocycles. The lowest BCUT2D eigenvalue weighted by Crippen LogP contribution is -2.40. The highest BCUT2D eigenvalue weighted by molar-refractivity contribution is 5.93. The van der Waals surface area contributed by atoms with Crippen molar-refractivity contribution in [3.8, 4) is 0 Å². The standard InChI is InChI=1S/C20H28N6O/c1-2-21-20-23-11-17(12-24-20)19(27)26-9-4-7-16(14-26)18-22-8-10-25(18)13-15-5-3-6-15/h8,10-12,15-16H,2-7,9,13-14H2,1H3,(H,21,23,24)/t16-/m0/s1. The summed E-state index contributed by atoms with van der Waals surface area (Å²) in [5.41, 5.74) is 0.551. The van der Waals surface area contributed by atoms with Gasteiger partial charge in [-0.2, -0.15) is 0 Å². The van der Waals surface area contributed by atoms with E-state index in [0.717, 1.165) is 50.8 Å². The number of carbonyl (C=O) groups is 1. The summed E-state index contributed by atoms with van der Waals surface area (Å²) >= 11 is 0. The second-order valence-corrected chi connectivity index (χ2v) is 7.65. The molecule has 1 atom stereocenters. The molecule has 1 N–H and O–H groups in total. The van der Waals surface area contributed by atoms with E-state index in [9.17, 15) is 4.79 Å². The molecular formula is C20H28N6O. The highest BCUT2D eigenvalue weighted by atomic mass is 16.2. The van der Waals surface area contributed by atoms with Crippen molar-refractivity contribution in [1.82, 2.24) is 24.4 Å². The first-order valence-electron chi connectivity index (χ1n) is 10.1. The molecule has 2 aliphatic rings. The predicted octanol–water partition coefficient (Wildman–Crippen LogP) is 2.92. The van der Waals surface area contributed by atoms with Crippen LogP contribution in [0.4, 0.5) is 5.95 Å². The average molecular weight is 368 g/mol. The number of nitrogens with zero attached hydrogens (tertiary/aromatic N) is 5. The van der Waals surface area contributed by atoms with Crippen LogP contribution in [0, 0.1) is 5.92 Å². The van der Waals surface area contributed by atoms with E-state index in [-0.39, 0.29) is 5.91 Å². The fourth-order valence-corrected chi connectivity index (χ4v) is 4.03. The number of rotatable bonds is 6. The van der Waals surface area contributed by atoms with Gasteiger partial charge in [0.15, 0.2) is 0 Å². The summed E-state index contributed by atoms with van der Waals surface area (Å²) < 4.78 is 2.32. The summed E-state index contributed by atoms with van der Waals surface area (Å²) in [4.78, 5) is 27.9. The first kappa shape index (κ1) is 17.9. The lowest BCUT2D eigenvalue weighted by Gasteiger charge is -2.33. The van der Waals surface area contributed by atoms with Gasteiger partial charge < -0.3 is 14.8 Å². The topological polar surface area (TPSA) is 75.9 Å². The van der Waals surface area contributed by atoms with Crippen LogP contribution in [0.3, 0.4) is 0 Å². The Balaban J connectivity index is 1.43. The van der Waals surface area contributed by atoms with Crippen LogP contribution in [0.15, 0.2) is 24.8 Å². The number of aromatic nitrogens is 4. The number of likely N-dealkylation sites (tertiary alicyclic amines) is 1. The zero-order chi connectivity index (χ0) is 18.6. The van der Waals surface area contributed by atoms with Gasteiger partial charge in [-0.05, 0) is 38.5 Å². The van der Waals surface area contributed by atoms with Gasteiger partial charge in [0.2, 0.25) is 5.95 Å². The van der Waals surface area contributed by atoms with Crippen LogP contribution >= 0.6 is 0 Å². The quantitative estimate of drug-likeness (QED) is 0.848. The van der Waals surface area contributed by atoms with E-state index in [1.54, 1.807) is 12.4 Å². The maximum atomic E-state index is 12.9. The molecule has 1 aliphatic carbocycles. The number of piperidine rings is 1. The highest BCUT2D eigenvalue weighted by Gasteiger charge is 2.29. The third-order valence-corrected chi connectivity index (χ3v) is 5.73. The first-order chi connectivity index (χ1) is 13.2. The van der Waals surface area contributed by atoms with Gasteiger partial charge in [0.25, 0.3) is 5.91 Å². The SMILES string of the molecule is CCNc1ncc(C(=O)N2CCC[C@H](c3nccn3CC3CCC3)C2)cn1. The van der Waals surface area contributed by atoms with Crippen molar-refractivity contribution in [2.45, 2.75) is 51.5 Å². The molecule has 0 bridgehead atoms. The molecule has 1 aliphatic heterocycles. The normalized spacial score (nSPS) is 20.3. The maximum Gasteiger partial charge on any atom is 0.257 e. The van der Waals surface area contributed by atoms with Crippen molar-refractivity contribution in [2.75, 3.05) is 25.0 Å². The molecule has 0 spiro atoms. The van der Waals surface area contributed by atoms with Crippen molar-refractivity contribution < 1.29 is 4.79 Å². The predicted molar refractivity (Wildman–Crippen MR) is 104 cm³/mol. The van der Waals surface area contributed by atoms with Crippen molar-refractivity contribution in [3.05, 3.63) is 36.2 Å². The first-order valence-corrected chi connectivity index (χ1v) is 10.1. The fraction of sp³-hybridized carbons (Fsp3) is 0.600. The molecule has 0 radical (unpaired) electrons. The molecule has 0 unspecified atom stereocenters. The summed E-state index contributed by atoms with van der Waals surface area (Å²) in [7, 11) is 0. The van der Waals surface area contributed by atoms with Crippen molar-refractivity contribution in [3.63, 3.8) is 0 Å². The van der Waals surface area contributed by atoms with E-state index >= 15 is 0 Å². The summed E-state index contributed by atoms with van der Waals surface area (Å²) in [6, 6.07) is 0. The van der Waals surface area contributed by atoms with Crippen molar-refractivity contribution >= 4 is 11.9 Å². The van der Waals surface area contributed by atoms with Crippen molar-refractivity contribution in [1.29, 1.82) is 0 Å². The minimum atomic E-state index is 0.0137. The number of hydrogen-bond donors (Lipinski definition) is 1. The summed E-state index contributed by atoms with van der Waals surface area (Å²) in [5.74, 6) is 2.81. The Bertz CT molecular complexity index is 767. The number of nitrogens with one attached hydrogen (secondary N) is 1. The zero-order valence-electron chi connectivity index (χ0n) is 16.0. The van der Waals surface area contributed by atoms with Crippen LogP contribution < -0.4 is 5.32 Å². The fourth-order valence-electron chi connectivity index (χ4n) is 4.03. The zero-order valence-corrected chi connectivity index (χ0v) is 16.0. The van der Waals surface area contributed by atoms with Gasteiger partial charge in [-0.3, -0.25) is 4.79 Å². The number of imidazole rings is 1. The summed E-state index contributed by atoms with van der Waals surface area (Å²) in [6.07, 6.45) is 13.3. The van der Waals surface area contributed by atoms with Gasteiger partial charge in [-0.1, -0.05) is 6.42 Å². The largest absolute Gasteiger partial charge is 0.355 e. The van der Waals surface area contributed by atoms with Crippen LogP contribution in [-0.4, -0.2) is 50.0 Å². The van der Waals surface area contributed by atoms with Gasteiger partial charge in [0.1, 0.15) is 5.82 Å². The van der Waals surface area contributed by atoms with E-state index in [4.69, 9.17) is 0 Å². The molecule has 27 heavy (non-hydrogen) atoms. The van der Waals surface area contributed by atoms with Gasteiger partial charge in [0, 0.05) is 56.9 Å². The molecular weight excluding hydrogens is 340 g/mol. The minimum Gasteiger partial charge on any atom is -0.355 e. The Morgan fingerprint density at radius 2 is 2.00 bits per heavy atom. The molecule has 0 aromatic carbocycles.